The number of fused-ring (bicyclic) bond motifs is 7. The predicted molar refractivity (Wildman–Crippen MR) is 423 cm³/mol. The van der Waals surface area contributed by atoms with Gasteiger partial charge in [-0.05, 0) is 160 Å². The number of hydrogen-bond acceptors (Lipinski definition) is 7. The van der Waals surface area contributed by atoms with Crippen LogP contribution in [0.4, 0.5) is 51.2 Å². The van der Waals surface area contributed by atoms with Crippen LogP contribution in [0.25, 0.3) is 117 Å². The molecular weight excluding hydrogens is 1260 g/mol. The van der Waals surface area contributed by atoms with E-state index in [1.165, 1.54) is 5.56 Å². The van der Waals surface area contributed by atoms with Gasteiger partial charge in [0.15, 0.2) is 11.6 Å². The molecule has 8 nitrogen and oxygen atoms in total. The zero-order valence-corrected chi connectivity index (χ0v) is 56.5. The molecular formula is C88H59N8P3. The van der Waals surface area contributed by atoms with Crippen LogP contribution in [-0.2, 0) is 0 Å². The van der Waals surface area contributed by atoms with Crippen LogP contribution >= 0.6 is 26.3 Å². The van der Waals surface area contributed by atoms with E-state index < -0.39 is 0 Å². The van der Waals surface area contributed by atoms with E-state index in [2.05, 4.69) is 329 Å². The highest BCUT2D eigenvalue weighted by molar-refractivity contribution is 7.45. The highest BCUT2D eigenvalue weighted by Crippen LogP contribution is 2.64. The van der Waals surface area contributed by atoms with Gasteiger partial charge in [0, 0.05) is 55.3 Å². The molecule has 0 aliphatic carbocycles. The maximum Gasteiger partial charge on any atom is 0.162 e. The molecule has 0 radical (unpaired) electrons. The topological polar surface area (TPSA) is 66.2 Å². The lowest BCUT2D eigenvalue weighted by atomic mass is 9.93. The van der Waals surface area contributed by atoms with Gasteiger partial charge in [0.05, 0.1) is 79.3 Å². The van der Waals surface area contributed by atoms with Gasteiger partial charge in [0.1, 0.15) is 0 Å². The Balaban J connectivity index is 0.876. The summed E-state index contributed by atoms with van der Waals surface area (Å²) in [6.07, 6.45) is 4.39. The third-order valence-corrected chi connectivity index (χ3v) is 20.2. The summed E-state index contributed by atoms with van der Waals surface area (Å²) in [4.78, 5) is 28.9. The first-order valence-corrected chi connectivity index (χ1v) is 35.1. The van der Waals surface area contributed by atoms with Gasteiger partial charge in [-0.3, -0.25) is 0 Å². The zero-order chi connectivity index (χ0) is 66.1. The Kier molecular flexibility index (Phi) is 15.0. The first-order valence-electron chi connectivity index (χ1n) is 32.9. The molecule has 0 fully saturated rings. The number of benzene rings is 13. The molecule has 0 bridgehead atoms. The van der Waals surface area contributed by atoms with Crippen LogP contribution in [0.5, 0.6) is 0 Å². The molecule has 0 saturated carbocycles. The summed E-state index contributed by atoms with van der Waals surface area (Å²) in [5, 5.41) is 4.41. The molecule has 5 heterocycles. The van der Waals surface area contributed by atoms with Gasteiger partial charge < -0.3 is 19.3 Å². The fourth-order valence-corrected chi connectivity index (χ4v) is 15.1. The second-order valence-corrected chi connectivity index (χ2v) is 26.6. The normalized spacial score (nSPS) is 12.2. The molecule has 3 aromatic heterocycles. The van der Waals surface area contributed by atoms with Crippen molar-refractivity contribution in [3.63, 3.8) is 0 Å². The molecule has 1 unspecified atom stereocenters. The Hall–Kier alpha value is -12.0. The van der Waals surface area contributed by atoms with Gasteiger partial charge in [-0.1, -0.05) is 221 Å². The summed E-state index contributed by atoms with van der Waals surface area (Å²) in [6.45, 7) is 0. The summed E-state index contributed by atoms with van der Waals surface area (Å²) in [5.74, 6) is 2.98. The first kappa shape index (κ1) is 59.5. The smallest absolute Gasteiger partial charge is 0.162 e. The number of hydrogen-bond donors (Lipinski definition) is 0. The van der Waals surface area contributed by atoms with E-state index in [0.29, 0.717) is 11.6 Å². The van der Waals surface area contributed by atoms with Crippen LogP contribution in [0, 0.1) is 0 Å². The highest BCUT2D eigenvalue weighted by Gasteiger charge is 2.40. The summed E-state index contributed by atoms with van der Waals surface area (Å²) in [6, 6.07) is 115. The van der Waals surface area contributed by atoms with E-state index in [1.54, 1.807) is 0 Å². The van der Waals surface area contributed by atoms with Crippen LogP contribution in [0.2, 0.25) is 0 Å². The van der Waals surface area contributed by atoms with Gasteiger partial charge in [0.2, 0.25) is 0 Å². The van der Waals surface area contributed by atoms with Crippen molar-refractivity contribution in [2.75, 3.05) is 14.7 Å². The average molecular weight is 1320 g/mol. The molecule has 466 valence electrons. The largest absolute Gasteiger partial charge is 0.309 e. The van der Waals surface area contributed by atoms with Crippen LogP contribution in [0.15, 0.2) is 322 Å². The Morgan fingerprint density at radius 3 is 1.47 bits per heavy atom. The van der Waals surface area contributed by atoms with Crippen molar-refractivity contribution >= 4 is 122 Å². The molecule has 99 heavy (non-hydrogen) atoms. The lowest BCUT2D eigenvalue weighted by Crippen LogP contribution is -2.31. The van der Waals surface area contributed by atoms with Crippen LogP contribution in [0.3, 0.4) is 0 Å². The van der Waals surface area contributed by atoms with Gasteiger partial charge in [-0.2, -0.15) is 0 Å². The summed E-state index contributed by atoms with van der Waals surface area (Å²) in [7, 11) is 7.60. The Morgan fingerprint density at radius 2 is 0.828 bits per heavy atom. The lowest BCUT2D eigenvalue weighted by molar-refractivity contribution is 1.12. The van der Waals surface area contributed by atoms with Gasteiger partial charge in [-0.15, -0.1) is 18.1 Å². The summed E-state index contributed by atoms with van der Waals surface area (Å²) in [5.41, 5.74) is 27.0. The van der Waals surface area contributed by atoms with E-state index in [4.69, 9.17) is 19.9 Å². The Labute approximate surface area is 580 Å². The Bertz CT molecular complexity index is 5810. The highest BCUT2D eigenvalue weighted by atomic mass is 31.1. The number of aromatic nitrogens is 5. The van der Waals surface area contributed by atoms with Crippen LogP contribution in [0.1, 0.15) is 5.69 Å². The predicted octanol–water partition coefficient (Wildman–Crippen LogP) is 22.5. The lowest BCUT2D eigenvalue weighted by Gasteiger charge is -2.47. The van der Waals surface area contributed by atoms with Crippen molar-refractivity contribution in [3.05, 3.63) is 327 Å². The molecule has 16 aromatic rings. The molecule has 0 amide bonds. The van der Waals surface area contributed by atoms with E-state index in [0.717, 1.165) is 176 Å². The monoisotopic (exact) mass is 1320 g/mol. The van der Waals surface area contributed by atoms with Crippen molar-refractivity contribution in [1.82, 2.24) is 24.5 Å². The fraction of sp³-hybridized carbons (Fsp3) is 0. The van der Waals surface area contributed by atoms with Crippen molar-refractivity contribution in [1.29, 1.82) is 0 Å². The minimum Gasteiger partial charge on any atom is -0.309 e. The van der Waals surface area contributed by atoms with E-state index >= 15 is 0 Å². The van der Waals surface area contributed by atoms with Gasteiger partial charge in [-0.25, -0.2) is 19.9 Å². The summed E-state index contributed by atoms with van der Waals surface area (Å²) < 4.78 is 2.39. The van der Waals surface area contributed by atoms with E-state index in [9.17, 15) is 0 Å². The third kappa shape index (κ3) is 10.6. The molecule has 0 N–H and O–H groups in total. The molecule has 0 saturated heterocycles. The van der Waals surface area contributed by atoms with Gasteiger partial charge >= 0.3 is 0 Å². The SMILES string of the molecule is C=Pc1ccc2c(c1)N1c3cc(P)ccc3N(c3ccc(-c4ccccc4)cc3)c3cc(-c4ccc5c(c4)c4ccccc4n5-c4ccc(-c5nc(C=P)cc(-c6ccccc6)n5)cc4-c4nc(-c5ccccc5)cc(-c5ccccc5)n4)cc(c31)N2c1cccc(-c2ccccc2)c1. The third-order valence-electron chi connectivity index (χ3n) is 18.9. The molecule has 1 atom stereocenters. The maximum absolute atomic E-state index is 5.52. The molecule has 18 rings (SSSR count). The minimum atomic E-state index is 0.565. The fourth-order valence-electron chi connectivity index (χ4n) is 14.3. The van der Waals surface area contributed by atoms with Crippen molar-refractivity contribution in [3.8, 4) is 95.6 Å². The van der Waals surface area contributed by atoms with Gasteiger partial charge in [0.25, 0.3) is 0 Å². The zero-order valence-electron chi connectivity index (χ0n) is 53.5. The van der Waals surface area contributed by atoms with Crippen LogP contribution < -0.4 is 25.3 Å². The van der Waals surface area contributed by atoms with Crippen molar-refractivity contribution in [2.45, 2.75) is 0 Å². The van der Waals surface area contributed by atoms with Crippen LogP contribution in [-0.4, -0.2) is 36.6 Å². The maximum atomic E-state index is 5.52. The molecule has 13 aromatic carbocycles. The quantitative estimate of drug-likeness (QED) is 0.107. The van der Waals surface area contributed by atoms with E-state index in [-0.39, 0.29) is 0 Å². The molecule has 2 aliphatic heterocycles. The van der Waals surface area contributed by atoms with Crippen molar-refractivity contribution < 1.29 is 0 Å². The second-order valence-electron chi connectivity index (χ2n) is 24.8. The molecule has 0 spiro atoms. The number of para-hydroxylation sites is 1. The van der Waals surface area contributed by atoms with E-state index in [1.807, 2.05) is 42.2 Å². The number of anilines is 9. The minimum absolute atomic E-state index is 0.565. The standard InChI is InChI=1S/C88H59N8P3/c1-99-70-41-45-81-83(53-70)96-82-52-69(98)40-44-80(82)93(67-38-34-58(35-39-67)56-20-7-2-8-21-56)84-49-65(50-85(86(84)96)94(81)68-31-19-30-62(46-68)57-22-9-3-10-23-57)63-36-42-78-72(47-63)71-32-17-18-33-77(71)95(78)79-43-37-64(87-89-66(55-97)51-74(90-87)59-24-11-4-12-25-59)48-73(79)88-91-75(60-26-13-5-14-27-60)54-76(92-88)61-28-15-6-16-29-61/h2-55,97H,1,98H2. The average Bonchev–Trinajstić information content (AvgIpc) is 1.07. The second kappa shape index (κ2) is 24.9. The molecule has 11 heteroatoms. The summed E-state index contributed by atoms with van der Waals surface area (Å²) >= 11 is 0. The number of rotatable bonds is 13. The first-order chi connectivity index (χ1) is 48.9. The van der Waals surface area contributed by atoms with Crippen molar-refractivity contribution in [2.24, 2.45) is 0 Å². The molecule has 2 aliphatic rings. The number of nitrogens with zero attached hydrogens (tertiary/aromatic N) is 8. The Morgan fingerprint density at radius 1 is 0.323 bits per heavy atom.